The van der Waals surface area contributed by atoms with Crippen molar-refractivity contribution in [3.8, 4) is 0 Å². The summed E-state index contributed by atoms with van der Waals surface area (Å²) in [6, 6.07) is 6.11. The molecule has 2 rings (SSSR count). The Morgan fingerprint density at radius 1 is 1.46 bits per heavy atom. The molecule has 0 aliphatic carbocycles. The third kappa shape index (κ3) is 3.88. The second-order valence-corrected chi connectivity index (χ2v) is 7.79. The zero-order valence-corrected chi connectivity index (χ0v) is 14.8. The van der Waals surface area contributed by atoms with Gasteiger partial charge in [-0.3, -0.25) is 4.79 Å². The van der Waals surface area contributed by atoms with Crippen LogP contribution in [0.3, 0.4) is 0 Å². The number of fused-ring (bicyclic) bond motifs is 1. The van der Waals surface area contributed by atoms with Crippen molar-refractivity contribution >= 4 is 35.7 Å². The Bertz CT molecular complexity index is 650. The second kappa shape index (κ2) is 7.23. The van der Waals surface area contributed by atoms with Gasteiger partial charge in [0.05, 0.1) is 11.7 Å². The Labute approximate surface area is 145 Å². The van der Waals surface area contributed by atoms with Gasteiger partial charge < -0.3 is 19.8 Å². The van der Waals surface area contributed by atoms with Crippen LogP contribution in [0, 0.1) is 0 Å². The Balaban J connectivity index is 2.11. The number of carbonyl (C=O) groups excluding carboxylic acids is 3. The van der Waals surface area contributed by atoms with E-state index in [2.05, 4.69) is 10.8 Å². The molecular formula is C16H21N3O4S. The zero-order chi connectivity index (χ0) is 17.9. The zero-order valence-electron chi connectivity index (χ0n) is 14.0. The molecule has 0 aromatic heterocycles. The van der Waals surface area contributed by atoms with Crippen molar-refractivity contribution in [3.63, 3.8) is 0 Å². The number of carbonyl (C=O) groups is 3. The molecule has 0 fully saturated rings. The van der Waals surface area contributed by atoms with Gasteiger partial charge in [-0.2, -0.15) is 0 Å². The summed E-state index contributed by atoms with van der Waals surface area (Å²) >= 11 is 1.51. The summed E-state index contributed by atoms with van der Waals surface area (Å²) in [5.41, 5.74) is 3.28. The van der Waals surface area contributed by atoms with E-state index in [9.17, 15) is 14.4 Å². The van der Waals surface area contributed by atoms with Crippen LogP contribution in [-0.2, 0) is 14.4 Å². The van der Waals surface area contributed by atoms with Gasteiger partial charge in [-0.1, -0.05) is 12.1 Å². The van der Waals surface area contributed by atoms with Gasteiger partial charge in [-0.05, 0) is 32.9 Å². The Morgan fingerprint density at radius 3 is 2.79 bits per heavy atom. The summed E-state index contributed by atoms with van der Waals surface area (Å²) < 4.78 is -0.564. The number of thioether (sulfide) groups is 1. The summed E-state index contributed by atoms with van der Waals surface area (Å²) in [4.78, 5) is 42.3. The van der Waals surface area contributed by atoms with E-state index in [-0.39, 0.29) is 5.91 Å². The minimum Gasteiger partial charge on any atom is -0.353 e. The van der Waals surface area contributed by atoms with Gasteiger partial charge in [-0.15, -0.1) is 17.2 Å². The normalized spacial score (nSPS) is 20.2. The fourth-order valence-corrected chi connectivity index (χ4v) is 3.37. The molecule has 0 unspecified atom stereocenters. The highest BCUT2D eigenvalue weighted by atomic mass is 32.2. The number of aldehydes is 1. The van der Waals surface area contributed by atoms with Crippen molar-refractivity contribution in [1.29, 1.82) is 0 Å². The lowest BCUT2D eigenvalue weighted by Gasteiger charge is -2.30. The molecule has 1 aromatic rings. The Morgan fingerprint density at radius 2 is 2.12 bits per heavy atom. The van der Waals surface area contributed by atoms with E-state index in [0.29, 0.717) is 6.29 Å². The molecule has 1 aliphatic heterocycles. The third-order valence-electron chi connectivity index (χ3n) is 3.84. The molecule has 0 bridgehead atoms. The molecule has 2 amide bonds. The summed E-state index contributed by atoms with van der Waals surface area (Å²) in [7, 11) is 1.45. The van der Waals surface area contributed by atoms with E-state index < -0.39 is 22.9 Å². The highest BCUT2D eigenvalue weighted by Gasteiger charge is 2.40. The maximum absolute atomic E-state index is 12.5. The van der Waals surface area contributed by atoms with Crippen molar-refractivity contribution in [2.24, 2.45) is 0 Å². The van der Waals surface area contributed by atoms with Crippen molar-refractivity contribution in [2.45, 2.75) is 42.5 Å². The number of likely N-dealkylation sites (N-methyl/N-ethyl adjacent to an activating group) is 1. The standard InChI is InChI=1S/C16H21N3O4S/c1-10(9-20)19(4)15(22)23-18-13-14(21)17-11-7-5-6-8-12(11)24-16(13,2)3/h5-10,13,18H,1-4H3,(H,17,21)/t10-,13+/m0/s1. The Kier molecular flexibility index (Phi) is 5.51. The van der Waals surface area contributed by atoms with Gasteiger partial charge in [0, 0.05) is 16.7 Å². The maximum Gasteiger partial charge on any atom is 0.429 e. The SMILES string of the molecule is C[C@@H](C=O)N(C)C(=O)ON[C@@H]1C(=O)Nc2ccccc2SC1(C)C. The molecule has 130 valence electrons. The molecule has 0 saturated carbocycles. The fourth-order valence-electron chi connectivity index (χ4n) is 2.16. The molecule has 1 aliphatic rings. The number of rotatable bonds is 4. The van der Waals surface area contributed by atoms with Crippen LogP contribution in [0.2, 0.25) is 0 Å². The largest absolute Gasteiger partial charge is 0.429 e. The topological polar surface area (TPSA) is 87.7 Å². The number of nitrogens with zero attached hydrogens (tertiary/aromatic N) is 1. The molecule has 24 heavy (non-hydrogen) atoms. The van der Waals surface area contributed by atoms with Crippen LogP contribution in [0.4, 0.5) is 10.5 Å². The Hall–Kier alpha value is -2.06. The monoisotopic (exact) mass is 351 g/mol. The predicted octanol–water partition coefficient (Wildman–Crippen LogP) is 2.04. The molecule has 7 nitrogen and oxygen atoms in total. The highest BCUT2D eigenvalue weighted by Crippen LogP contribution is 2.41. The first kappa shape index (κ1) is 18.3. The average Bonchev–Trinajstić information content (AvgIpc) is 2.63. The molecule has 0 spiro atoms. The quantitative estimate of drug-likeness (QED) is 0.638. The lowest BCUT2D eigenvalue weighted by Crippen LogP contribution is -2.53. The van der Waals surface area contributed by atoms with E-state index in [1.807, 2.05) is 38.1 Å². The molecule has 8 heteroatoms. The van der Waals surface area contributed by atoms with E-state index in [4.69, 9.17) is 4.84 Å². The first-order chi connectivity index (χ1) is 11.3. The first-order valence-electron chi connectivity index (χ1n) is 7.49. The fraction of sp³-hybridized carbons (Fsp3) is 0.438. The van der Waals surface area contributed by atoms with Gasteiger partial charge in [0.2, 0.25) is 5.91 Å². The van der Waals surface area contributed by atoms with Gasteiger partial charge >= 0.3 is 6.09 Å². The van der Waals surface area contributed by atoms with Crippen molar-refractivity contribution in [3.05, 3.63) is 24.3 Å². The van der Waals surface area contributed by atoms with Crippen LogP contribution in [0.5, 0.6) is 0 Å². The number of amides is 2. The summed E-state index contributed by atoms with van der Waals surface area (Å²) in [5, 5.41) is 2.83. The van der Waals surface area contributed by atoms with Crippen molar-refractivity contribution in [1.82, 2.24) is 10.4 Å². The summed E-state index contributed by atoms with van der Waals surface area (Å²) in [6.45, 7) is 5.36. The number of hydrogen-bond acceptors (Lipinski definition) is 6. The minimum atomic E-state index is -0.765. The molecular weight excluding hydrogens is 330 g/mol. The second-order valence-electron chi connectivity index (χ2n) is 6.10. The third-order valence-corrected chi connectivity index (χ3v) is 5.17. The highest BCUT2D eigenvalue weighted by molar-refractivity contribution is 8.01. The number of nitrogens with one attached hydrogen (secondary N) is 2. The number of anilines is 1. The number of hydrogen-bond donors (Lipinski definition) is 2. The van der Waals surface area contributed by atoms with Crippen LogP contribution in [0.25, 0.3) is 0 Å². The van der Waals surface area contributed by atoms with Crippen LogP contribution >= 0.6 is 11.8 Å². The van der Waals surface area contributed by atoms with E-state index >= 15 is 0 Å². The maximum atomic E-state index is 12.5. The van der Waals surface area contributed by atoms with Gasteiger partial charge in [-0.25, -0.2) is 4.79 Å². The van der Waals surface area contributed by atoms with Crippen LogP contribution in [0.15, 0.2) is 29.2 Å². The molecule has 2 N–H and O–H groups in total. The van der Waals surface area contributed by atoms with Gasteiger partial charge in [0.15, 0.2) is 0 Å². The molecule has 2 atom stereocenters. The van der Waals surface area contributed by atoms with Crippen LogP contribution < -0.4 is 10.8 Å². The number of para-hydroxylation sites is 1. The average molecular weight is 351 g/mol. The van der Waals surface area contributed by atoms with Crippen LogP contribution in [0.1, 0.15) is 20.8 Å². The van der Waals surface area contributed by atoms with E-state index in [1.165, 1.54) is 18.8 Å². The minimum absolute atomic E-state index is 0.295. The molecule has 1 heterocycles. The molecule has 1 aromatic carbocycles. The summed E-state index contributed by atoms with van der Waals surface area (Å²) in [5.74, 6) is -0.295. The summed E-state index contributed by atoms with van der Waals surface area (Å²) in [6.07, 6.45) is -0.0966. The van der Waals surface area contributed by atoms with E-state index in [0.717, 1.165) is 15.5 Å². The lowest BCUT2D eigenvalue weighted by atomic mass is 10.0. The van der Waals surface area contributed by atoms with Crippen molar-refractivity contribution in [2.75, 3.05) is 12.4 Å². The van der Waals surface area contributed by atoms with Gasteiger partial charge in [0.1, 0.15) is 12.3 Å². The van der Waals surface area contributed by atoms with Gasteiger partial charge in [0.25, 0.3) is 0 Å². The van der Waals surface area contributed by atoms with Crippen LogP contribution in [-0.4, -0.2) is 47.1 Å². The van der Waals surface area contributed by atoms with Crippen molar-refractivity contribution < 1.29 is 19.2 Å². The number of benzene rings is 1. The lowest BCUT2D eigenvalue weighted by molar-refractivity contribution is -0.122. The molecule has 0 saturated heterocycles. The molecule has 0 radical (unpaired) electrons. The van der Waals surface area contributed by atoms with E-state index in [1.54, 1.807) is 6.92 Å². The predicted molar refractivity (Wildman–Crippen MR) is 91.7 cm³/mol. The smallest absolute Gasteiger partial charge is 0.353 e. The first-order valence-corrected chi connectivity index (χ1v) is 8.31. The number of hydroxylamine groups is 1.